The fraction of sp³-hybridized carbons (Fsp3) is 0.579. The molecule has 1 aliphatic carbocycles. The van der Waals surface area contributed by atoms with Crippen LogP contribution in [0.1, 0.15) is 55.8 Å². The summed E-state index contributed by atoms with van der Waals surface area (Å²) in [5.41, 5.74) is 0.424. The van der Waals surface area contributed by atoms with E-state index in [0.29, 0.717) is 27.6 Å². The van der Waals surface area contributed by atoms with Crippen LogP contribution in [0.5, 0.6) is 5.75 Å². The standard InChI is InChI=1S/C19H25ClN2O2S/c1-3-4-11-22-15-7-5-6-8-17(15)25-19(22)21-18(23)14-12-13(20)9-10-16(14)24-2/h9-10,12,15,17H,3-8,11H2,1-2H3/b21-19-. The van der Waals surface area contributed by atoms with Gasteiger partial charge in [-0.15, -0.1) is 0 Å². The smallest absolute Gasteiger partial charge is 0.283 e. The van der Waals surface area contributed by atoms with Crippen molar-refractivity contribution < 1.29 is 9.53 Å². The number of carbonyl (C=O) groups is 1. The molecule has 25 heavy (non-hydrogen) atoms. The van der Waals surface area contributed by atoms with E-state index in [2.05, 4.69) is 16.8 Å². The van der Waals surface area contributed by atoms with Crippen LogP contribution in [0.15, 0.2) is 23.2 Å². The monoisotopic (exact) mass is 380 g/mol. The van der Waals surface area contributed by atoms with Crippen LogP contribution >= 0.6 is 23.4 Å². The first-order chi connectivity index (χ1) is 12.1. The Morgan fingerprint density at radius 1 is 1.40 bits per heavy atom. The number of ether oxygens (including phenoxy) is 1. The van der Waals surface area contributed by atoms with Crippen molar-refractivity contribution in [2.45, 2.75) is 56.7 Å². The fourth-order valence-electron chi connectivity index (χ4n) is 3.59. The van der Waals surface area contributed by atoms with Crippen molar-refractivity contribution in [2.24, 2.45) is 4.99 Å². The number of fused-ring (bicyclic) bond motifs is 1. The summed E-state index contributed by atoms with van der Waals surface area (Å²) in [4.78, 5) is 19.6. The molecule has 6 heteroatoms. The molecule has 0 radical (unpaired) electrons. The van der Waals surface area contributed by atoms with E-state index in [1.54, 1.807) is 37.1 Å². The molecule has 2 fully saturated rings. The van der Waals surface area contributed by atoms with Crippen LogP contribution in [0, 0.1) is 0 Å². The van der Waals surface area contributed by atoms with Crippen molar-refractivity contribution in [3.63, 3.8) is 0 Å². The van der Waals surface area contributed by atoms with Crippen molar-refractivity contribution >= 4 is 34.4 Å². The van der Waals surface area contributed by atoms with Crippen molar-refractivity contribution in [1.82, 2.24) is 4.90 Å². The molecule has 1 aliphatic heterocycles. The summed E-state index contributed by atoms with van der Waals surface area (Å²) < 4.78 is 5.30. The Balaban J connectivity index is 1.87. The molecule has 0 N–H and O–H groups in total. The van der Waals surface area contributed by atoms with E-state index in [9.17, 15) is 4.79 Å². The Hall–Kier alpha value is -1.20. The van der Waals surface area contributed by atoms with Gasteiger partial charge in [0.2, 0.25) is 0 Å². The van der Waals surface area contributed by atoms with Crippen LogP contribution in [0.25, 0.3) is 0 Å². The lowest BCUT2D eigenvalue weighted by atomic mass is 9.94. The van der Waals surface area contributed by atoms with Gasteiger partial charge in [-0.25, -0.2) is 0 Å². The minimum atomic E-state index is -0.276. The van der Waals surface area contributed by atoms with Crippen molar-refractivity contribution in [2.75, 3.05) is 13.7 Å². The summed E-state index contributed by atoms with van der Waals surface area (Å²) >= 11 is 7.83. The number of aliphatic imine (C=N–C) groups is 1. The zero-order valence-corrected chi connectivity index (χ0v) is 16.4. The molecule has 3 rings (SSSR count). The molecule has 1 amide bonds. The van der Waals surface area contributed by atoms with Crippen LogP contribution in [-0.4, -0.2) is 40.9 Å². The quantitative estimate of drug-likeness (QED) is 0.720. The molecule has 4 nitrogen and oxygen atoms in total. The normalized spacial score (nSPS) is 24.4. The number of amides is 1. The minimum Gasteiger partial charge on any atom is -0.496 e. The summed E-state index contributed by atoms with van der Waals surface area (Å²) in [6.45, 7) is 3.17. The molecule has 0 aromatic heterocycles. The second-order valence-corrected chi connectivity index (χ2v) is 8.24. The highest BCUT2D eigenvalue weighted by atomic mass is 35.5. The molecule has 1 aromatic rings. The van der Waals surface area contributed by atoms with Gasteiger partial charge in [0.05, 0.1) is 12.7 Å². The van der Waals surface area contributed by atoms with E-state index >= 15 is 0 Å². The lowest BCUT2D eigenvalue weighted by molar-refractivity contribution is 0.0998. The number of nitrogens with zero attached hydrogens (tertiary/aromatic N) is 2. The lowest BCUT2D eigenvalue weighted by Gasteiger charge is -2.31. The Morgan fingerprint density at radius 2 is 2.20 bits per heavy atom. The number of hydrogen-bond acceptors (Lipinski definition) is 3. The summed E-state index contributed by atoms with van der Waals surface area (Å²) in [5, 5.41) is 1.95. The van der Waals surface area contributed by atoms with Crippen LogP contribution < -0.4 is 4.74 Å². The highest BCUT2D eigenvalue weighted by Gasteiger charge is 2.40. The van der Waals surface area contributed by atoms with Gasteiger partial charge < -0.3 is 9.64 Å². The maximum absolute atomic E-state index is 12.8. The van der Waals surface area contributed by atoms with Crippen LogP contribution in [0.3, 0.4) is 0 Å². The van der Waals surface area contributed by atoms with E-state index in [-0.39, 0.29) is 5.91 Å². The Bertz CT molecular complexity index is 665. The number of carbonyl (C=O) groups excluding carboxylic acids is 1. The van der Waals surface area contributed by atoms with Crippen LogP contribution in [0.4, 0.5) is 0 Å². The predicted molar refractivity (Wildman–Crippen MR) is 105 cm³/mol. The molecule has 2 atom stereocenters. The number of hydrogen-bond donors (Lipinski definition) is 0. The summed E-state index contributed by atoms with van der Waals surface area (Å²) in [5.74, 6) is 0.237. The van der Waals surface area contributed by atoms with Gasteiger partial charge in [0, 0.05) is 22.9 Å². The third kappa shape index (κ3) is 4.14. The first-order valence-corrected chi connectivity index (χ1v) is 10.3. The van der Waals surface area contributed by atoms with E-state index in [0.717, 1.165) is 24.6 Å². The molecular formula is C19H25ClN2O2S. The van der Waals surface area contributed by atoms with Gasteiger partial charge in [-0.3, -0.25) is 4.79 Å². The lowest BCUT2D eigenvalue weighted by Crippen LogP contribution is -2.39. The first-order valence-electron chi connectivity index (χ1n) is 9.04. The van der Waals surface area contributed by atoms with E-state index < -0.39 is 0 Å². The topological polar surface area (TPSA) is 41.9 Å². The molecular weight excluding hydrogens is 356 g/mol. The zero-order valence-electron chi connectivity index (χ0n) is 14.8. The van der Waals surface area contributed by atoms with E-state index in [1.165, 1.54) is 25.7 Å². The van der Waals surface area contributed by atoms with E-state index in [1.807, 2.05) is 0 Å². The van der Waals surface area contributed by atoms with Crippen molar-refractivity contribution in [3.05, 3.63) is 28.8 Å². The Kier molecular flexibility index (Phi) is 6.29. The number of halogens is 1. The highest BCUT2D eigenvalue weighted by molar-refractivity contribution is 8.14. The summed E-state index contributed by atoms with van der Waals surface area (Å²) in [6.07, 6.45) is 7.23. The van der Waals surface area contributed by atoms with Gasteiger partial charge in [-0.1, -0.05) is 49.5 Å². The number of rotatable bonds is 5. The second-order valence-electron chi connectivity index (χ2n) is 6.60. The molecule has 2 unspecified atom stereocenters. The third-order valence-electron chi connectivity index (χ3n) is 4.91. The molecule has 1 saturated heterocycles. The SMILES string of the molecule is CCCCN1/C(=N/C(=O)c2cc(Cl)ccc2OC)SC2CCCCC21. The Morgan fingerprint density at radius 3 is 2.96 bits per heavy atom. The zero-order chi connectivity index (χ0) is 17.8. The third-order valence-corrected chi connectivity index (χ3v) is 6.54. The van der Waals surface area contributed by atoms with Gasteiger partial charge in [0.15, 0.2) is 5.17 Å². The largest absolute Gasteiger partial charge is 0.496 e. The van der Waals surface area contributed by atoms with Gasteiger partial charge in [0.1, 0.15) is 5.75 Å². The first kappa shape index (κ1) is 18.6. The van der Waals surface area contributed by atoms with Crippen LogP contribution in [0.2, 0.25) is 5.02 Å². The van der Waals surface area contributed by atoms with Gasteiger partial charge in [-0.05, 0) is 37.5 Å². The second kappa shape index (κ2) is 8.45. The van der Waals surface area contributed by atoms with Gasteiger partial charge in [0.25, 0.3) is 5.91 Å². The number of methoxy groups -OCH3 is 1. The summed E-state index contributed by atoms with van der Waals surface area (Å²) in [7, 11) is 1.56. The number of unbranched alkanes of at least 4 members (excludes halogenated alkanes) is 1. The molecule has 2 aliphatic rings. The minimum absolute atomic E-state index is 0.276. The van der Waals surface area contributed by atoms with Gasteiger partial charge >= 0.3 is 0 Å². The molecule has 1 aromatic carbocycles. The average Bonchev–Trinajstić information content (AvgIpc) is 2.96. The van der Waals surface area contributed by atoms with E-state index in [4.69, 9.17) is 16.3 Å². The molecule has 0 spiro atoms. The fourth-order valence-corrected chi connectivity index (χ4v) is 5.26. The van der Waals surface area contributed by atoms with Crippen molar-refractivity contribution in [1.29, 1.82) is 0 Å². The summed E-state index contributed by atoms with van der Waals surface area (Å²) in [6, 6.07) is 5.59. The van der Waals surface area contributed by atoms with Crippen molar-refractivity contribution in [3.8, 4) is 5.75 Å². The number of thioether (sulfide) groups is 1. The highest BCUT2D eigenvalue weighted by Crippen LogP contribution is 2.40. The maximum atomic E-state index is 12.8. The van der Waals surface area contributed by atoms with Crippen LogP contribution in [-0.2, 0) is 0 Å². The molecule has 1 saturated carbocycles. The predicted octanol–water partition coefficient (Wildman–Crippen LogP) is 5.00. The van der Waals surface area contributed by atoms with Gasteiger partial charge in [-0.2, -0.15) is 4.99 Å². The maximum Gasteiger partial charge on any atom is 0.283 e. The number of amidine groups is 1. The Labute approximate surface area is 159 Å². The number of benzene rings is 1. The molecule has 1 heterocycles. The average molecular weight is 381 g/mol. The molecule has 136 valence electrons. The molecule has 0 bridgehead atoms.